The summed E-state index contributed by atoms with van der Waals surface area (Å²) in [5.74, 6) is 3.26. The van der Waals surface area contributed by atoms with Crippen molar-refractivity contribution in [2.45, 2.75) is 139 Å². The zero-order valence-corrected chi connectivity index (χ0v) is 37.5. The maximum Gasteiger partial charge on any atom is -1.00 e. The first kappa shape index (κ1) is 46.0. The molecule has 0 radical (unpaired) electrons. The van der Waals surface area contributed by atoms with Crippen LogP contribution in [0.2, 0.25) is 0 Å². The Morgan fingerprint density at radius 3 is 0.857 bits per heavy atom. The zero-order valence-electron chi connectivity index (χ0n) is 32.7. The topological polar surface area (TPSA) is 0 Å². The van der Waals surface area contributed by atoms with Gasteiger partial charge < -0.3 is 37.2 Å². The molecule has 266 valence electrons. The third-order valence-corrected chi connectivity index (χ3v) is 16.0. The Bertz CT molecular complexity index is 1390. The average Bonchev–Trinajstić information content (AvgIpc) is 3.38. The van der Waals surface area contributed by atoms with E-state index in [1.165, 1.54) is 37.3 Å². The SMILES string of the molecule is CC(C)C1=C([Si](c2cc(C(C)C)cc(C(C)C)c2)(c2cc(C(C)C)cc(C(C)C)c2)c2cc(C(C)C)cc(C(C)C)c2)CC=[C]1[Ti+3].[Cl-].[Cl-].[Cl-]. The molecule has 0 heterocycles. The molecule has 0 unspecified atom stereocenters. The molecule has 0 atom stereocenters. The van der Waals surface area contributed by atoms with E-state index in [1.54, 1.807) is 26.3 Å². The van der Waals surface area contributed by atoms with Gasteiger partial charge in [0, 0.05) is 0 Å². The molecule has 1 aliphatic carbocycles. The minimum absolute atomic E-state index is 0. The second-order valence-electron chi connectivity index (χ2n) is 16.2. The summed E-state index contributed by atoms with van der Waals surface area (Å²) in [5, 5.41) is 6.43. The Morgan fingerprint density at radius 1 is 0.408 bits per heavy atom. The van der Waals surface area contributed by atoms with Crippen LogP contribution in [0.25, 0.3) is 0 Å². The molecule has 0 fully saturated rings. The predicted molar refractivity (Wildman–Crippen MR) is 203 cm³/mol. The maximum atomic E-state index is 2.65. The van der Waals surface area contributed by atoms with Crippen LogP contribution in [0.4, 0.5) is 0 Å². The molecule has 0 bridgehead atoms. The van der Waals surface area contributed by atoms with Gasteiger partial charge in [0.1, 0.15) is 0 Å². The van der Waals surface area contributed by atoms with E-state index in [1.807, 2.05) is 0 Å². The number of allylic oxidation sites excluding steroid dienone is 4. The molecule has 3 aromatic carbocycles. The van der Waals surface area contributed by atoms with Crippen LogP contribution in [-0.4, -0.2) is 8.07 Å². The van der Waals surface area contributed by atoms with Crippen molar-refractivity contribution in [2.24, 2.45) is 5.92 Å². The van der Waals surface area contributed by atoms with Crippen molar-refractivity contribution in [1.82, 2.24) is 0 Å². The van der Waals surface area contributed by atoms with Crippen LogP contribution in [0.5, 0.6) is 0 Å². The summed E-state index contributed by atoms with van der Waals surface area (Å²) in [7, 11) is -2.79. The number of rotatable bonds is 11. The summed E-state index contributed by atoms with van der Waals surface area (Å²) in [6, 6.07) is 23.4. The molecule has 1 aliphatic rings. The summed E-state index contributed by atoms with van der Waals surface area (Å²) in [6.45, 7) is 33.3. The van der Waals surface area contributed by atoms with E-state index in [9.17, 15) is 0 Å². The molecule has 49 heavy (non-hydrogen) atoms. The molecule has 0 saturated carbocycles. The van der Waals surface area contributed by atoms with Crippen molar-refractivity contribution in [1.29, 1.82) is 0 Å². The molecule has 3 aromatic rings. The second-order valence-corrected chi connectivity index (χ2v) is 20.9. The van der Waals surface area contributed by atoms with Gasteiger partial charge in [-0.25, -0.2) is 0 Å². The van der Waals surface area contributed by atoms with Gasteiger partial charge in [0.2, 0.25) is 0 Å². The number of benzene rings is 3. The summed E-state index contributed by atoms with van der Waals surface area (Å²) in [6.07, 6.45) is 3.59. The van der Waals surface area contributed by atoms with Gasteiger partial charge in [-0.3, -0.25) is 0 Å². The van der Waals surface area contributed by atoms with Crippen molar-refractivity contribution < 1.29 is 57.7 Å². The fourth-order valence-electron chi connectivity index (χ4n) is 7.30. The largest absolute Gasteiger partial charge is 1.00 e. The van der Waals surface area contributed by atoms with Gasteiger partial charge in [0.05, 0.1) is 0 Å². The second kappa shape index (κ2) is 18.6. The monoisotopic (exact) mass is 770 g/mol. The molecule has 0 saturated heterocycles. The van der Waals surface area contributed by atoms with Crippen LogP contribution < -0.4 is 52.8 Å². The van der Waals surface area contributed by atoms with Gasteiger partial charge in [0.15, 0.2) is 0 Å². The van der Waals surface area contributed by atoms with Crippen LogP contribution in [0.1, 0.15) is 172 Å². The molecule has 0 nitrogen and oxygen atoms in total. The van der Waals surface area contributed by atoms with E-state index >= 15 is 0 Å². The zero-order chi connectivity index (χ0) is 34.2. The summed E-state index contributed by atoms with van der Waals surface area (Å²) >= 11 is 2.37. The summed E-state index contributed by atoms with van der Waals surface area (Å²) in [4.78, 5) is 0. The normalized spacial score (nSPS) is 13.6. The van der Waals surface area contributed by atoms with E-state index in [2.05, 4.69) is 178 Å². The average molecular weight is 772 g/mol. The molecule has 0 aromatic heterocycles. The molecule has 4 rings (SSSR count). The Labute approximate surface area is 332 Å². The predicted octanol–water partition coefficient (Wildman–Crippen LogP) is 2.24. The minimum atomic E-state index is -2.79. The van der Waals surface area contributed by atoms with Crippen molar-refractivity contribution in [3.05, 3.63) is 109 Å². The fourth-order valence-corrected chi connectivity index (χ4v) is 13.9. The molecule has 0 spiro atoms. The molecule has 5 heteroatoms. The van der Waals surface area contributed by atoms with Crippen LogP contribution in [0.15, 0.2) is 75.3 Å². The van der Waals surface area contributed by atoms with Crippen molar-refractivity contribution in [2.75, 3.05) is 0 Å². The maximum absolute atomic E-state index is 2.79. The standard InChI is InChI=1S/C44H61Si.3ClH.Ti/c1-27(2)34-18-35(28(3)4)22-40(21-34)45(44-17-15-16-43(44)33(13)14,41-23-36(29(5)6)19-37(24-41)30(7)8)42-25-38(31(9)10)20-39(26-42)32(11)12;;;;/h15,18-33H,17H2,1-14H3;3*1H;/q;;;;+3/p-3. The smallest absolute Gasteiger partial charge is 1.00 e. The van der Waals surface area contributed by atoms with Gasteiger partial charge in [-0.05, 0) is 0 Å². The Hall–Kier alpha value is -1.06. The number of halogens is 3. The molecule has 0 N–H and O–H groups in total. The number of hydrogen-bond acceptors (Lipinski definition) is 0. The van der Waals surface area contributed by atoms with Crippen LogP contribution in [0, 0.1) is 5.92 Å². The van der Waals surface area contributed by atoms with Crippen LogP contribution >= 0.6 is 0 Å². The molecular formula is C44H61Cl3SiTi. The van der Waals surface area contributed by atoms with Crippen LogP contribution in [0.3, 0.4) is 0 Å². The Morgan fingerprint density at radius 2 is 0.653 bits per heavy atom. The number of hydrogen-bond donors (Lipinski definition) is 0. The van der Waals surface area contributed by atoms with Crippen molar-refractivity contribution >= 4 is 23.6 Å². The first-order chi connectivity index (χ1) is 21.5. The van der Waals surface area contributed by atoms with E-state index in [-0.39, 0.29) is 37.2 Å². The molecular weight excluding hydrogens is 711 g/mol. The van der Waals surface area contributed by atoms with Crippen LogP contribution in [-0.2, 0) is 20.4 Å². The molecule has 0 amide bonds. The van der Waals surface area contributed by atoms with Gasteiger partial charge >= 0.3 is 298 Å². The fraction of sp³-hybridized carbons (Fsp3) is 0.500. The van der Waals surface area contributed by atoms with E-state index in [0.29, 0.717) is 41.4 Å². The van der Waals surface area contributed by atoms with Gasteiger partial charge in [-0.1, -0.05) is 0 Å². The van der Waals surface area contributed by atoms with Gasteiger partial charge in [-0.2, -0.15) is 0 Å². The Balaban J connectivity index is 0.00000400. The first-order valence-electron chi connectivity index (χ1n) is 18.1. The van der Waals surface area contributed by atoms with E-state index in [4.69, 9.17) is 0 Å². The van der Waals surface area contributed by atoms with E-state index < -0.39 is 8.07 Å². The quantitative estimate of drug-likeness (QED) is 0.208. The molecule has 0 aliphatic heterocycles. The summed E-state index contributed by atoms with van der Waals surface area (Å²) in [5.41, 5.74) is 10.4. The first-order valence-corrected chi connectivity index (χ1v) is 20.9. The summed E-state index contributed by atoms with van der Waals surface area (Å²) < 4.78 is 1.49. The Kier molecular flexibility index (Phi) is 17.5. The van der Waals surface area contributed by atoms with Crippen molar-refractivity contribution in [3.8, 4) is 0 Å². The minimum Gasteiger partial charge on any atom is -1.00 e. The van der Waals surface area contributed by atoms with Gasteiger partial charge in [-0.15, -0.1) is 0 Å². The van der Waals surface area contributed by atoms with E-state index in [0.717, 1.165) is 6.42 Å². The van der Waals surface area contributed by atoms with Crippen molar-refractivity contribution in [3.63, 3.8) is 0 Å². The van der Waals surface area contributed by atoms with Gasteiger partial charge in [0.25, 0.3) is 0 Å². The third-order valence-electron chi connectivity index (χ3n) is 10.4. The third kappa shape index (κ3) is 9.49.